The molecule has 1 saturated heterocycles. The lowest BCUT2D eigenvalue weighted by atomic mass is 9.96. The third-order valence-electron chi connectivity index (χ3n) is 2.87. The molecule has 0 aromatic heterocycles. The van der Waals surface area contributed by atoms with E-state index < -0.39 is 0 Å². The summed E-state index contributed by atoms with van der Waals surface area (Å²) in [5.41, 5.74) is 2.63. The van der Waals surface area contributed by atoms with Gasteiger partial charge in [0, 0.05) is 12.6 Å². The predicted molar refractivity (Wildman–Crippen MR) is 57.2 cm³/mol. The molecule has 2 N–H and O–H groups in total. The minimum Gasteiger partial charge on any atom is -0.392 e. The van der Waals surface area contributed by atoms with Crippen molar-refractivity contribution in [2.24, 2.45) is 0 Å². The molecular weight excluding hydrogens is 174 g/mol. The lowest BCUT2D eigenvalue weighted by molar-refractivity contribution is 0.126. The summed E-state index contributed by atoms with van der Waals surface area (Å²) in [5, 5.41) is 12.7. The monoisotopic (exact) mass is 191 g/mol. The zero-order chi connectivity index (χ0) is 9.97. The van der Waals surface area contributed by atoms with Crippen LogP contribution in [-0.4, -0.2) is 17.8 Å². The van der Waals surface area contributed by atoms with Gasteiger partial charge in [-0.15, -0.1) is 0 Å². The van der Waals surface area contributed by atoms with Crippen LogP contribution in [0.15, 0.2) is 24.3 Å². The first-order valence-corrected chi connectivity index (χ1v) is 5.24. The minimum absolute atomic E-state index is 0.156. The summed E-state index contributed by atoms with van der Waals surface area (Å²) in [6.45, 7) is 2.82. The molecule has 0 bridgehead atoms. The maximum Gasteiger partial charge on any atom is 0.0665 e. The van der Waals surface area contributed by atoms with Crippen molar-refractivity contribution in [3.05, 3.63) is 35.4 Å². The van der Waals surface area contributed by atoms with E-state index in [-0.39, 0.29) is 6.10 Å². The second kappa shape index (κ2) is 4.11. The Kier molecular flexibility index (Phi) is 2.85. The van der Waals surface area contributed by atoms with E-state index in [0.717, 1.165) is 19.4 Å². The van der Waals surface area contributed by atoms with E-state index in [2.05, 4.69) is 36.5 Å². The van der Waals surface area contributed by atoms with Gasteiger partial charge in [0.05, 0.1) is 6.10 Å². The van der Waals surface area contributed by atoms with Gasteiger partial charge in [0.25, 0.3) is 0 Å². The average molecular weight is 191 g/mol. The van der Waals surface area contributed by atoms with Crippen molar-refractivity contribution in [3.63, 3.8) is 0 Å². The second-order valence-electron chi connectivity index (χ2n) is 4.10. The van der Waals surface area contributed by atoms with Crippen molar-refractivity contribution in [3.8, 4) is 0 Å². The average Bonchev–Trinajstić information content (AvgIpc) is 2.21. The molecule has 1 heterocycles. The third-order valence-corrected chi connectivity index (χ3v) is 2.87. The van der Waals surface area contributed by atoms with Crippen LogP contribution < -0.4 is 5.32 Å². The van der Waals surface area contributed by atoms with Gasteiger partial charge in [0.15, 0.2) is 0 Å². The smallest absolute Gasteiger partial charge is 0.0665 e. The Morgan fingerprint density at radius 2 is 1.93 bits per heavy atom. The normalized spacial score (nSPS) is 27.6. The Morgan fingerprint density at radius 3 is 2.50 bits per heavy atom. The molecule has 2 unspecified atom stereocenters. The molecule has 1 aliphatic rings. The van der Waals surface area contributed by atoms with Crippen LogP contribution in [0.25, 0.3) is 0 Å². The van der Waals surface area contributed by atoms with Gasteiger partial charge in [-0.25, -0.2) is 0 Å². The number of hydrogen-bond acceptors (Lipinski definition) is 2. The van der Waals surface area contributed by atoms with Crippen LogP contribution in [0.4, 0.5) is 0 Å². The van der Waals surface area contributed by atoms with Crippen molar-refractivity contribution in [1.29, 1.82) is 0 Å². The maximum atomic E-state index is 9.36. The van der Waals surface area contributed by atoms with E-state index >= 15 is 0 Å². The number of nitrogens with one attached hydrogen (secondary N) is 1. The van der Waals surface area contributed by atoms with E-state index in [1.165, 1.54) is 11.1 Å². The molecule has 2 nitrogen and oxygen atoms in total. The molecule has 2 atom stereocenters. The number of aliphatic hydroxyl groups is 1. The SMILES string of the molecule is Cc1ccc(C2CCC(O)CN2)cc1. The molecule has 14 heavy (non-hydrogen) atoms. The largest absolute Gasteiger partial charge is 0.392 e. The predicted octanol–water partition coefficient (Wildman–Crippen LogP) is 1.78. The highest BCUT2D eigenvalue weighted by Crippen LogP contribution is 2.23. The molecule has 1 aliphatic heterocycles. The zero-order valence-corrected chi connectivity index (χ0v) is 8.53. The van der Waals surface area contributed by atoms with E-state index in [0.29, 0.717) is 6.04 Å². The van der Waals surface area contributed by atoms with Crippen molar-refractivity contribution < 1.29 is 5.11 Å². The molecule has 0 amide bonds. The second-order valence-corrected chi connectivity index (χ2v) is 4.10. The summed E-state index contributed by atoms with van der Waals surface area (Å²) in [6.07, 6.45) is 1.78. The van der Waals surface area contributed by atoms with E-state index in [4.69, 9.17) is 0 Å². The number of piperidine rings is 1. The highest BCUT2D eigenvalue weighted by Gasteiger charge is 2.19. The van der Waals surface area contributed by atoms with Gasteiger partial charge >= 0.3 is 0 Å². The topological polar surface area (TPSA) is 32.3 Å². The summed E-state index contributed by atoms with van der Waals surface area (Å²) in [6, 6.07) is 9.05. The van der Waals surface area contributed by atoms with Crippen LogP contribution >= 0.6 is 0 Å². The van der Waals surface area contributed by atoms with Crippen LogP contribution in [0.5, 0.6) is 0 Å². The number of rotatable bonds is 1. The lowest BCUT2D eigenvalue weighted by Gasteiger charge is -2.27. The molecule has 1 aromatic carbocycles. The highest BCUT2D eigenvalue weighted by atomic mass is 16.3. The highest BCUT2D eigenvalue weighted by molar-refractivity contribution is 5.24. The molecule has 76 valence electrons. The molecule has 0 saturated carbocycles. The summed E-state index contributed by atoms with van der Waals surface area (Å²) < 4.78 is 0. The molecular formula is C12H17NO. The Bertz CT molecular complexity index is 286. The van der Waals surface area contributed by atoms with E-state index in [1.54, 1.807) is 0 Å². The minimum atomic E-state index is -0.156. The standard InChI is InChI=1S/C12H17NO/c1-9-2-4-10(5-3-9)12-7-6-11(14)8-13-12/h2-5,11-14H,6-8H2,1H3. The van der Waals surface area contributed by atoms with Crippen LogP contribution in [0.1, 0.15) is 30.0 Å². The molecule has 1 fully saturated rings. The van der Waals surface area contributed by atoms with Crippen molar-refractivity contribution in [2.45, 2.75) is 31.9 Å². The summed E-state index contributed by atoms with van der Waals surface area (Å²) in [5.74, 6) is 0. The Morgan fingerprint density at radius 1 is 1.21 bits per heavy atom. The Hall–Kier alpha value is -0.860. The molecule has 2 rings (SSSR count). The fraction of sp³-hybridized carbons (Fsp3) is 0.500. The third kappa shape index (κ3) is 2.14. The summed E-state index contributed by atoms with van der Waals surface area (Å²) in [4.78, 5) is 0. The van der Waals surface area contributed by atoms with Gasteiger partial charge in [0.1, 0.15) is 0 Å². The number of hydrogen-bond donors (Lipinski definition) is 2. The Labute approximate surface area is 85.0 Å². The van der Waals surface area contributed by atoms with Gasteiger partial charge < -0.3 is 10.4 Å². The lowest BCUT2D eigenvalue weighted by Crippen LogP contribution is -2.36. The van der Waals surface area contributed by atoms with Crippen molar-refractivity contribution >= 4 is 0 Å². The van der Waals surface area contributed by atoms with Crippen LogP contribution in [0, 0.1) is 6.92 Å². The van der Waals surface area contributed by atoms with Gasteiger partial charge in [-0.3, -0.25) is 0 Å². The van der Waals surface area contributed by atoms with Crippen molar-refractivity contribution in [2.75, 3.05) is 6.54 Å². The van der Waals surface area contributed by atoms with Crippen LogP contribution in [0.2, 0.25) is 0 Å². The first kappa shape index (κ1) is 9.69. The van der Waals surface area contributed by atoms with E-state index in [1.807, 2.05) is 0 Å². The molecule has 0 radical (unpaired) electrons. The van der Waals surface area contributed by atoms with Gasteiger partial charge in [-0.1, -0.05) is 29.8 Å². The first-order chi connectivity index (χ1) is 6.75. The number of benzene rings is 1. The number of aliphatic hydroxyl groups excluding tert-OH is 1. The van der Waals surface area contributed by atoms with Gasteiger partial charge in [0.2, 0.25) is 0 Å². The number of β-amino-alcohol motifs (C(OH)–C–C–N with tert-alkyl or cyclic N) is 1. The van der Waals surface area contributed by atoms with Crippen molar-refractivity contribution in [1.82, 2.24) is 5.32 Å². The molecule has 2 heteroatoms. The van der Waals surface area contributed by atoms with Crippen LogP contribution in [0.3, 0.4) is 0 Å². The van der Waals surface area contributed by atoms with Crippen LogP contribution in [-0.2, 0) is 0 Å². The first-order valence-electron chi connectivity index (χ1n) is 5.24. The quantitative estimate of drug-likeness (QED) is 0.709. The summed E-state index contributed by atoms with van der Waals surface area (Å²) in [7, 11) is 0. The Balaban J connectivity index is 2.05. The maximum absolute atomic E-state index is 9.36. The molecule has 0 spiro atoms. The van der Waals surface area contributed by atoms with Gasteiger partial charge in [-0.05, 0) is 25.3 Å². The molecule has 1 aromatic rings. The fourth-order valence-corrected chi connectivity index (χ4v) is 1.92. The fourth-order valence-electron chi connectivity index (χ4n) is 1.92. The zero-order valence-electron chi connectivity index (χ0n) is 8.53. The van der Waals surface area contributed by atoms with Gasteiger partial charge in [-0.2, -0.15) is 0 Å². The van der Waals surface area contributed by atoms with E-state index in [9.17, 15) is 5.11 Å². The summed E-state index contributed by atoms with van der Waals surface area (Å²) >= 11 is 0. The number of aryl methyl sites for hydroxylation is 1. The molecule has 0 aliphatic carbocycles.